The zero-order valence-electron chi connectivity index (χ0n) is 68.7. The van der Waals surface area contributed by atoms with Crippen molar-refractivity contribution in [3.8, 4) is 101 Å². The number of rotatable bonds is 12. The summed E-state index contributed by atoms with van der Waals surface area (Å²) in [5.74, 6) is 0. The van der Waals surface area contributed by atoms with E-state index in [0.29, 0.717) is 0 Å². The van der Waals surface area contributed by atoms with Crippen molar-refractivity contribution in [2.45, 2.75) is 0 Å². The smallest absolute Gasteiger partial charge is 0.0641 e. The lowest BCUT2D eigenvalue weighted by Crippen LogP contribution is -1.95. The molecule has 0 N–H and O–H groups in total. The van der Waals surface area contributed by atoms with Gasteiger partial charge in [0.15, 0.2) is 0 Å². The third-order valence-electron chi connectivity index (χ3n) is 26.1. The van der Waals surface area contributed by atoms with E-state index in [1.54, 1.807) is 0 Å². The van der Waals surface area contributed by atoms with Gasteiger partial charge in [0.05, 0.1) is 66.2 Å². The zero-order chi connectivity index (χ0) is 82.9. The minimum absolute atomic E-state index is 1.13. The summed E-state index contributed by atoms with van der Waals surface area (Å²) < 4.78 is 14.6. The van der Waals surface area contributed by atoms with E-state index in [9.17, 15) is 0 Å². The highest BCUT2D eigenvalue weighted by Gasteiger charge is 2.26. The summed E-state index contributed by atoms with van der Waals surface area (Å²) in [7, 11) is 0. The van der Waals surface area contributed by atoms with Crippen molar-refractivity contribution in [2.24, 2.45) is 0 Å². The van der Waals surface area contributed by atoms with E-state index in [1.807, 2.05) is 0 Å². The van der Waals surface area contributed by atoms with Gasteiger partial charge < -0.3 is 27.4 Å². The van der Waals surface area contributed by atoms with E-state index >= 15 is 0 Å². The Balaban J connectivity index is 0.000000137. The topological polar surface area (TPSA) is 29.6 Å². The van der Waals surface area contributed by atoms with E-state index < -0.39 is 0 Å². The van der Waals surface area contributed by atoms with Gasteiger partial charge in [-0.05, 0) is 231 Å². The molecule has 0 aliphatic carbocycles. The molecule has 6 heterocycles. The summed E-state index contributed by atoms with van der Waals surface area (Å²) in [4.78, 5) is 0. The van der Waals surface area contributed by atoms with Crippen molar-refractivity contribution in [2.75, 3.05) is 0 Å². The predicted octanol–water partition coefficient (Wildman–Crippen LogP) is 32.0. The van der Waals surface area contributed by atoms with Crippen LogP contribution in [0.2, 0.25) is 0 Å². The monoisotopic (exact) mass is 1600 g/mol. The fraction of sp³-hybridized carbons (Fsp3) is 0. The molecule has 26 rings (SSSR count). The van der Waals surface area contributed by atoms with Gasteiger partial charge in [-0.3, -0.25) is 0 Å². The molecule has 6 nitrogen and oxygen atoms in total. The number of hydrogen-bond acceptors (Lipinski definition) is 0. The second-order valence-electron chi connectivity index (χ2n) is 33.0. The minimum atomic E-state index is 1.13. The van der Waals surface area contributed by atoms with Gasteiger partial charge in [-0.15, -0.1) is 0 Å². The summed E-state index contributed by atoms with van der Waals surface area (Å²) >= 11 is 0. The number of fused-ring (bicyclic) bond motifs is 20. The standard InChI is InChI=1S/2C60H39N3/c1-4-15-40(16-5-1)42-27-31-47(32-28-42)61-57-35-30-45(39-53(57)59-58(61)36-33-51-49-23-10-13-26-55(49)63(60(51)59)46-20-8-3-9-21-46)44-29-34-56-52(38-44)50-24-11-12-25-54(50)62(56)48-22-14-19-43(37-48)41-17-6-2-7-18-41;1-4-15-40(16-5-1)42-27-31-47(32-28-42)62-56-34-30-45(39-52(56)60-58(62)36-35-57-59(60)50-24-11-13-26-54(50)61(57)46-20-8-3-9-21-46)44-29-33-55-51(38-44)49-23-10-12-25-53(49)63(55)48-22-14-19-43(37-48)41-17-6-2-7-18-41/h2*1-39H. The second-order valence-corrected chi connectivity index (χ2v) is 33.0. The van der Waals surface area contributed by atoms with Crippen molar-refractivity contribution in [3.63, 3.8) is 0 Å². The van der Waals surface area contributed by atoms with Crippen LogP contribution in [0.4, 0.5) is 0 Å². The molecule has 0 aliphatic heterocycles. The van der Waals surface area contributed by atoms with E-state index in [4.69, 9.17) is 0 Å². The molecule has 0 unspecified atom stereocenters. The molecule has 6 aromatic heterocycles. The van der Waals surface area contributed by atoms with Crippen molar-refractivity contribution in [1.82, 2.24) is 27.4 Å². The highest BCUT2D eigenvalue weighted by atomic mass is 15.0. The first-order valence-electron chi connectivity index (χ1n) is 43.4. The first-order chi connectivity index (χ1) is 62.5. The Morgan fingerprint density at radius 3 is 0.754 bits per heavy atom. The number of benzene rings is 20. The molecule has 6 heteroatoms. The maximum atomic E-state index is 2.47. The number of aromatic nitrogens is 6. The van der Waals surface area contributed by atoms with Crippen LogP contribution in [0.15, 0.2) is 473 Å². The third-order valence-corrected chi connectivity index (χ3v) is 26.1. The van der Waals surface area contributed by atoms with Gasteiger partial charge in [0, 0.05) is 98.8 Å². The van der Waals surface area contributed by atoms with Crippen LogP contribution >= 0.6 is 0 Å². The van der Waals surface area contributed by atoms with Crippen LogP contribution in [0.1, 0.15) is 0 Å². The molecule has 0 saturated carbocycles. The van der Waals surface area contributed by atoms with Gasteiger partial charge in [-0.2, -0.15) is 0 Å². The van der Waals surface area contributed by atoms with E-state index in [2.05, 4.69) is 501 Å². The molecule has 26 aromatic rings. The van der Waals surface area contributed by atoms with Crippen LogP contribution < -0.4 is 0 Å². The quantitative estimate of drug-likeness (QED) is 0.117. The first-order valence-corrected chi connectivity index (χ1v) is 43.4. The van der Waals surface area contributed by atoms with Crippen molar-refractivity contribution in [1.29, 1.82) is 0 Å². The molecule has 0 atom stereocenters. The second kappa shape index (κ2) is 29.5. The fourth-order valence-corrected chi connectivity index (χ4v) is 20.4. The lowest BCUT2D eigenvalue weighted by atomic mass is 9.99. The molecule has 126 heavy (non-hydrogen) atoms. The normalized spacial score (nSPS) is 11.8. The lowest BCUT2D eigenvalue weighted by Gasteiger charge is -2.11. The average Bonchev–Trinajstić information content (AvgIpc) is 1.55. The SMILES string of the molecule is c1ccc(-c2ccc(-n3c4ccc(-c5ccc6c(c5)c5ccccc5n6-c5cccc(-c6ccccc6)c5)cc4c4c3ccc3c5ccccc5n(-c5ccccc5)c34)cc2)cc1.c1ccc(-c2ccc(-n3c4ccc(-c5ccc6c(c5)c5ccccc5n6-c5cccc(-c6ccccc6)c5)cc4c4c5c6ccccc6n(-c6ccccc6)c5ccc43)cc2)cc1. The number of para-hydroxylation sites is 6. The van der Waals surface area contributed by atoms with Gasteiger partial charge in [0.2, 0.25) is 0 Å². The molecule has 0 radical (unpaired) electrons. The zero-order valence-corrected chi connectivity index (χ0v) is 68.7. The van der Waals surface area contributed by atoms with E-state index in [1.165, 1.54) is 198 Å². The predicted molar refractivity (Wildman–Crippen MR) is 532 cm³/mol. The Morgan fingerprint density at radius 1 is 0.103 bits per heavy atom. The molecule has 0 bridgehead atoms. The molecular weight excluding hydrogens is 1530 g/mol. The molecular formula is C120H78N6. The van der Waals surface area contributed by atoms with Crippen LogP contribution in [0.5, 0.6) is 0 Å². The first kappa shape index (κ1) is 72.1. The number of hydrogen-bond donors (Lipinski definition) is 0. The molecule has 588 valence electrons. The molecule has 0 fully saturated rings. The van der Waals surface area contributed by atoms with Crippen LogP contribution in [-0.4, -0.2) is 27.4 Å². The summed E-state index contributed by atoms with van der Waals surface area (Å²) in [5.41, 5.74) is 35.6. The van der Waals surface area contributed by atoms with Crippen LogP contribution in [0.3, 0.4) is 0 Å². The van der Waals surface area contributed by atoms with Crippen molar-refractivity contribution < 1.29 is 0 Å². The summed E-state index contributed by atoms with van der Waals surface area (Å²) in [6.45, 7) is 0. The third kappa shape index (κ3) is 11.7. The van der Waals surface area contributed by atoms with E-state index in [-0.39, 0.29) is 0 Å². The van der Waals surface area contributed by atoms with Gasteiger partial charge in [0.1, 0.15) is 0 Å². The molecule has 0 amide bonds. The van der Waals surface area contributed by atoms with Gasteiger partial charge in [0.25, 0.3) is 0 Å². The molecule has 0 saturated heterocycles. The van der Waals surface area contributed by atoms with Crippen LogP contribution in [0.25, 0.3) is 232 Å². The average molecular weight is 1600 g/mol. The Kier molecular flexibility index (Phi) is 16.9. The lowest BCUT2D eigenvalue weighted by molar-refractivity contribution is 1.17. The maximum absolute atomic E-state index is 2.47. The fourth-order valence-electron chi connectivity index (χ4n) is 20.4. The summed E-state index contributed by atoms with van der Waals surface area (Å²) in [5, 5.41) is 14.9. The van der Waals surface area contributed by atoms with Crippen LogP contribution in [-0.2, 0) is 0 Å². The van der Waals surface area contributed by atoms with Crippen LogP contribution in [0, 0.1) is 0 Å². The Hall–Kier alpha value is -16.8. The van der Waals surface area contributed by atoms with E-state index in [0.717, 1.165) is 34.1 Å². The molecule has 0 spiro atoms. The molecule has 20 aromatic carbocycles. The maximum Gasteiger partial charge on any atom is 0.0641 e. The van der Waals surface area contributed by atoms with Crippen molar-refractivity contribution in [3.05, 3.63) is 473 Å². The Bertz CT molecular complexity index is 8770. The molecule has 0 aliphatic rings. The Morgan fingerprint density at radius 2 is 0.333 bits per heavy atom. The van der Waals surface area contributed by atoms with Gasteiger partial charge >= 0.3 is 0 Å². The highest BCUT2D eigenvalue weighted by Crippen LogP contribution is 2.48. The Labute approximate surface area is 727 Å². The van der Waals surface area contributed by atoms with Gasteiger partial charge in [-0.25, -0.2) is 0 Å². The van der Waals surface area contributed by atoms with Crippen molar-refractivity contribution >= 4 is 131 Å². The summed E-state index contributed by atoms with van der Waals surface area (Å²) in [6.07, 6.45) is 0. The minimum Gasteiger partial charge on any atom is -0.309 e. The number of nitrogens with zero attached hydrogens (tertiary/aromatic N) is 6. The summed E-state index contributed by atoms with van der Waals surface area (Å²) in [6, 6.07) is 173. The van der Waals surface area contributed by atoms with Gasteiger partial charge in [-0.1, -0.05) is 309 Å². The highest BCUT2D eigenvalue weighted by molar-refractivity contribution is 6.30. The largest absolute Gasteiger partial charge is 0.309 e.